The molecule has 0 aromatic rings. The highest BCUT2D eigenvalue weighted by Crippen LogP contribution is 2.50. The molecule has 2 unspecified atom stereocenters. The van der Waals surface area contributed by atoms with Gasteiger partial charge in [0.25, 0.3) is 0 Å². The number of carboxylic acid groups (broad SMARTS) is 1. The average molecular weight is 457 g/mol. The standard InChI is InChI=1S/C22H40N2O4SSi/c1-22(2,3)30(5,6)28-15-11-16-19(25)23-18(21(26)27)17(29-20(16)23)10-9-14-24(4)12-7-8-13-24/h16-18,20H,7-15H2,1-6H3/t16-,17?,18?,20+/m0/s1. The van der Waals surface area contributed by atoms with Gasteiger partial charge in [-0.1, -0.05) is 20.8 Å². The van der Waals surface area contributed by atoms with Crippen LogP contribution in [0.15, 0.2) is 0 Å². The van der Waals surface area contributed by atoms with Gasteiger partial charge in [0, 0.05) is 24.7 Å². The summed E-state index contributed by atoms with van der Waals surface area (Å²) in [5.41, 5.74) is 0. The highest BCUT2D eigenvalue weighted by Gasteiger charge is 2.58. The van der Waals surface area contributed by atoms with E-state index >= 15 is 0 Å². The van der Waals surface area contributed by atoms with Crippen molar-refractivity contribution in [1.82, 2.24) is 4.90 Å². The number of carbonyl (C=O) groups is 2. The Kier molecular flexibility index (Phi) is 7.02. The number of amides is 1. The summed E-state index contributed by atoms with van der Waals surface area (Å²) in [6, 6.07) is -0.769. The summed E-state index contributed by atoms with van der Waals surface area (Å²) in [4.78, 5) is 26.2. The van der Waals surface area contributed by atoms with Crippen molar-refractivity contribution in [3.05, 3.63) is 0 Å². The Morgan fingerprint density at radius 1 is 1.27 bits per heavy atom. The Morgan fingerprint density at radius 3 is 2.47 bits per heavy atom. The van der Waals surface area contributed by atoms with E-state index in [-0.39, 0.29) is 27.5 Å². The zero-order valence-corrected chi connectivity index (χ0v) is 21.4. The summed E-state index contributed by atoms with van der Waals surface area (Å²) in [5, 5.41) is 11.9. The molecule has 0 saturated carbocycles. The van der Waals surface area contributed by atoms with E-state index in [1.165, 1.54) is 25.9 Å². The maximum absolute atomic E-state index is 12.8. The van der Waals surface area contributed by atoms with Gasteiger partial charge in [0.15, 0.2) is 8.32 Å². The number of nitrogens with zero attached hydrogens (tertiary/aromatic N) is 2. The molecule has 172 valence electrons. The van der Waals surface area contributed by atoms with E-state index < -0.39 is 20.3 Å². The topological polar surface area (TPSA) is 69.7 Å². The van der Waals surface area contributed by atoms with Gasteiger partial charge >= 0.3 is 0 Å². The summed E-state index contributed by atoms with van der Waals surface area (Å²) in [6.45, 7) is 15.2. The molecule has 3 saturated heterocycles. The van der Waals surface area contributed by atoms with Gasteiger partial charge in [-0.15, -0.1) is 11.8 Å². The second-order valence-corrected chi connectivity index (χ2v) is 17.4. The van der Waals surface area contributed by atoms with Crippen LogP contribution >= 0.6 is 11.8 Å². The molecule has 4 atom stereocenters. The molecule has 3 fully saturated rings. The lowest BCUT2D eigenvalue weighted by molar-refractivity contribution is -0.897. The normalized spacial score (nSPS) is 31.0. The summed E-state index contributed by atoms with van der Waals surface area (Å²) >= 11 is 1.69. The number of hydrogen-bond donors (Lipinski definition) is 0. The van der Waals surface area contributed by atoms with E-state index in [0.29, 0.717) is 13.0 Å². The molecule has 3 aliphatic rings. The van der Waals surface area contributed by atoms with Crippen molar-refractivity contribution in [2.75, 3.05) is 33.3 Å². The van der Waals surface area contributed by atoms with Gasteiger partial charge in [-0.05, 0) is 37.4 Å². The monoisotopic (exact) mass is 456 g/mol. The van der Waals surface area contributed by atoms with Gasteiger partial charge in [-0.3, -0.25) is 4.79 Å². The molecule has 1 amide bonds. The van der Waals surface area contributed by atoms with Gasteiger partial charge in [0.05, 0.1) is 50.0 Å². The van der Waals surface area contributed by atoms with E-state index in [9.17, 15) is 14.7 Å². The van der Waals surface area contributed by atoms with Gasteiger partial charge in [0.2, 0.25) is 5.91 Å². The maximum atomic E-state index is 12.8. The zero-order valence-electron chi connectivity index (χ0n) is 19.6. The molecular weight excluding hydrogens is 416 g/mol. The van der Waals surface area contributed by atoms with Crippen molar-refractivity contribution >= 4 is 32.0 Å². The van der Waals surface area contributed by atoms with Crippen LogP contribution in [0.2, 0.25) is 18.1 Å². The van der Waals surface area contributed by atoms with Crippen LogP contribution in [0.5, 0.6) is 0 Å². The fourth-order valence-corrected chi connectivity index (χ4v) is 7.77. The third-order valence-electron chi connectivity index (χ3n) is 7.93. The molecule has 3 aliphatic heterocycles. The molecular formula is C22H40N2O4SSi. The molecule has 30 heavy (non-hydrogen) atoms. The highest BCUT2D eigenvalue weighted by molar-refractivity contribution is 8.01. The molecule has 0 aliphatic carbocycles. The van der Waals surface area contributed by atoms with Crippen LogP contribution in [0.3, 0.4) is 0 Å². The number of β-lactam (4-membered cyclic amide) rings is 1. The number of carbonyl (C=O) groups excluding carboxylic acids is 2. The highest BCUT2D eigenvalue weighted by atomic mass is 32.2. The van der Waals surface area contributed by atoms with E-state index in [4.69, 9.17) is 4.43 Å². The summed E-state index contributed by atoms with van der Waals surface area (Å²) in [6.07, 6.45) is 5.11. The van der Waals surface area contributed by atoms with Crippen molar-refractivity contribution in [2.24, 2.45) is 5.92 Å². The minimum Gasteiger partial charge on any atom is -0.548 e. The van der Waals surface area contributed by atoms with Gasteiger partial charge in [-0.2, -0.15) is 0 Å². The Bertz CT molecular complexity index is 660. The predicted molar refractivity (Wildman–Crippen MR) is 121 cm³/mol. The zero-order chi connectivity index (χ0) is 22.3. The number of fused-ring (bicyclic) bond motifs is 1. The largest absolute Gasteiger partial charge is 0.548 e. The van der Waals surface area contributed by atoms with Crippen molar-refractivity contribution in [2.45, 2.75) is 87.7 Å². The fraction of sp³-hybridized carbons (Fsp3) is 0.909. The fourth-order valence-electron chi connectivity index (χ4n) is 4.85. The van der Waals surface area contributed by atoms with Crippen molar-refractivity contribution in [3.63, 3.8) is 0 Å². The number of hydrogen-bond acceptors (Lipinski definition) is 5. The van der Waals surface area contributed by atoms with Crippen LogP contribution in [0, 0.1) is 5.92 Å². The minimum atomic E-state index is -1.84. The van der Waals surface area contributed by atoms with Crippen LogP contribution in [-0.4, -0.2) is 79.5 Å². The molecule has 0 spiro atoms. The second kappa shape index (κ2) is 8.75. The molecule has 0 aromatic carbocycles. The maximum Gasteiger partial charge on any atom is 0.230 e. The quantitative estimate of drug-likeness (QED) is 0.303. The predicted octanol–water partition coefficient (Wildman–Crippen LogP) is 2.44. The Hall–Kier alpha value is -0.573. The van der Waals surface area contributed by atoms with E-state index in [1.807, 2.05) is 0 Å². The lowest BCUT2D eigenvalue weighted by Crippen LogP contribution is -2.64. The van der Waals surface area contributed by atoms with Gasteiger partial charge in [0.1, 0.15) is 0 Å². The van der Waals surface area contributed by atoms with E-state index in [2.05, 4.69) is 40.9 Å². The van der Waals surface area contributed by atoms with Crippen LogP contribution < -0.4 is 5.11 Å². The lowest BCUT2D eigenvalue weighted by atomic mass is 9.91. The molecule has 6 nitrogen and oxygen atoms in total. The molecule has 3 rings (SSSR count). The summed E-state index contributed by atoms with van der Waals surface area (Å²) < 4.78 is 7.36. The average Bonchev–Trinajstić information content (AvgIpc) is 3.20. The Balaban J connectivity index is 1.53. The number of quaternary nitrogens is 1. The summed E-state index contributed by atoms with van der Waals surface area (Å²) in [5.74, 6) is -1.24. The van der Waals surface area contributed by atoms with Gasteiger partial charge < -0.3 is 23.7 Å². The van der Waals surface area contributed by atoms with Crippen LogP contribution in [0.25, 0.3) is 0 Å². The third-order valence-corrected chi connectivity index (χ3v) is 14.1. The summed E-state index contributed by atoms with van der Waals surface area (Å²) in [7, 11) is 0.469. The first-order valence-electron chi connectivity index (χ1n) is 11.5. The first-order chi connectivity index (χ1) is 13.9. The molecule has 8 heteroatoms. The van der Waals surface area contributed by atoms with Crippen LogP contribution in [-0.2, 0) is 14.0 Å². The molecule has 0 bridgehead atoms. The number of rotatable bonds is 9. The Labute approximate surface area is 187 Å². The molecule has 0 radical (unpaired) electrons. The van der Waals surface area contributed by atoms with Crippen LogP contribution in [0.4, 0.5) is 0 Å². The molecule has 0 aromatic heterocycles. The van der Waals surface area contributed by atoms with Crippen molar-refractivity contribution in [3.8, 4) is 0 Å². The molecule has 0 N–H and O–H groups in total. The first-order valence-corrected chi connectivity index (χ1v) is 15.4. The van der Waals surface area contributed by atoms with Gasteiger partial charge in [-0.25, -0.2) is 0 Å². The van der Waals surface area contributed by atoms with E-state index in [1.54, 1.807) is 16.7 Å². The Morgan fingerprint density at radius 2 is 1.90 bits per heavy atom. The number of aliphatic carboxylic acids is 1. The van der Waals surface area contributed by atoms with E-state index in [0.717, 1.165) is 23.9 Å². The SMILES string of the molecule is CC(C)(C)[Si](C)(C)OCC[C@H]1C(=O)N2C(C(=O)[O-])C(CCC[N+]3(C)CCCC3)S[C@H]12. The third kappa shape index (κ3) is 4.76. The van der Waals surface area contributed by atoms with Crippen LogP contribution in [0.1, 0.15) is 52.9 Å². The first kappa shape index (κ1) is 24.1. The minimum absolute atomic E-state index is 0.0232. The number of thioether (sulfide) groups is 1. The number of likely N-dealkylation sites (tertiary alicyclic amines) is 1. The lowest BCUT2D eigenvalue weighted by Gasteiger charge is -2.45. The smallest absolute Gasteiger partial charge is 0.230 e. The van der Waals surface area contributed by atoms with Crippen molar-refractivity contribution in [1.29, 1.82) is 0 Å². The van der Waals surface area contributed by atoms with Crippen molar-refractivity contribution < 1.29 is 23.6 Å². The number of carboxylic acids is 1. The second-order valence-electron chi connectivity index (χ2n) is 11.2. The molecule has 3 heterocycles.